The van der Waals surface area contributed by atoms with Crippen LogP contribution < -0.4 is 4.74 Å². The molecule has 6 nitrogen and oxygen atoms in total. The Hall–Kier alpha value is -1.31. The molecule has 0 bridgehead atoms. The van der Waals surface area contributed by atoms with E-state index in [9.17, 15) is 13.2 Å². The molecule has 1 saturated heterocycles. The number of sulfonamides is 1. The van der Waals surface area contributed by atoms with E-state index in [2.05, 4.69) is 0 Å². The number of hydrogen-bond acceptors (Lipinski definition) is 4. The molecule has 0 saturated carbocycles. The summed E-state index contributed by atoms with van der Waals surface area (Å²) in [5, 5.41) is 9.36. The number of methoxy groups -OCH3 is 1. The number of nitrogens with zero attached hydrogens (tertiary/aromatic N) is 1. The van der Waals surface area contributed by atoms with Gasteiger partial charge in [0.15, 0.2) is 0 Å². The number of ether oxygens (including phenoxy) is 1. The van der Waals surface area contributed by atoms with Crippen LogP contribution in [0.2, 0.25) is 5.02 Å². The van der Waals surface area contributed by atoms with Crippen molar-refractivity contribution in [2.45, 2.75) is 18.2 Å². The van der Waals surface area contributed by atoms with Crippen LogP contribution in [0, 0.1) is 11.8 Å². The zero-order chi connectivity index (χ0) is 16.5. The summed E-state index contributed by atoms with van der Waals surface area (Å²) in [7, 11) is -2.34. The van der Waals surface area contributed by atoms with Crippen LogP contribution in [0.25, 0.3) is 0 Å². The van der Waals surface area contributed by atoms with E-state index in [1.807, 2.05) is 6.92 Å². The summed E-state index contributed by atoms with van der Waals surface area (Å²) >= 11 is 5.98. The van der Waals surface area contributed by atoms with Crippen molar-refractivity contribution >= 4 is 27.6 Å². The standard InChI is InChI=1S/C14H18ClNO5S/c1-9-5-10(14(17)18)8-16(7-9)22(19,20)11-3-4-13(21-2)12(15)6-11/h3-4,6,9-10H,5,7-8H2,1-2H3,(H,17,18). The molecule has 1 N–H and O–H groups in total. The highest BCUT2D eigenvalue weighted by molar-refractivity contribution is 7.89. The molecule has 2 rings (SSSR count). The first-order valence-corrected chi connectivity index (χ1v) is 8.64. The lowest BCUT2D eigenvalue weighted by Crippen LogP contribution is -2.45. The lowest BCUT2D eigenvalue weighted by atomic mass is 9.92. The van der Waals surface area contributed by atoms with Gasteiger partial charge >= 0.3 is 5.97 Å². The Balaban J connectivity index is 2.33. The number of carbonyl (C=O) groups is 1. The quantitative estimate of drug-likeness (QED) is 0.901. The highest BCUT2D eigenvalue weighted by Gasteiger charge is 2.36. The first-order valence-electron chi connectivity index (χ1n) is 6.82. The van der Waals surface area contributed by atoms with Gasteiger partial charge in [0.2, 0.25) is 10.0 Å². The second-order valence-corrected chi connectivity index (χ2v) is 7.84. The van der Waals surface area contributed by atoms with Gasteiger partial charge in [-0.15, -0.1) is 0 Å². The van der Waals surface area contributed by atoms with Gasteiger partial charge < -0.3 is 9.84 Å². The van der Waals surface area contributed by atoms with E-state index < -0.39 is 21.9 Å². The summed E-state index contributed by atoms with van der Waals surface area (Å²) in [6, 6.07) is 4.22. The number of rotatable bonds is 4. The second-order valence-electron chi connectivity index (χ2n) is 5.49. The van der Waals surface area contributed by atoms with Crippen molar-refractivity contribution in [1.82, 2.24) is 4.31 Å². The Morgan fingerprint density at radius 3 is 2.64 bits per heavy atom. The monoisotopic (exact) mass is 347 g/mol. The minimum absolute atomic E-state index is 0.0154. The van der Waals surface area contributed by atoms with Gasteiger partial charge in [-0.05, 0) is 30.5 Å². The molecule has 0 aliphatic carbocycles. The number of halogens is 1. The SMILES string of the molecule is COc1ccc(S(=O)(=O)N2CC(C)CC(C(=O)O)C2)cc1Cl. The number of benzene rings is 1. The Morgan fingerprint density at radius 2 is 2.09 bits per heavy atom. The smallest absolute Gasteiger partial charge is 0.307 e. The highest BCUT2D eigenvalue weighted by Crippen LogP contribution is 2.31. The molecule has 1 fully saturated rings. The summed E-state index contributed by atoms with van der Waals surface area (Å²) in [6.45, 7) is 2.13. The number of aliphatic carboxylic acids is 1. The predicted octanol–water partition coefficient (Wildman–Crippen LogP) is 2.08. The Kier molecular flexibility index (Phi) is 4.99. The largest absolute Gasteiger partial charge is 0.495 e. The van der Waals surface area contributed by atoms with Crippen LogP contribution in [0.1, 0.15) is 13.3 Å². The van der Waals surface area contributed by atoms with Crippen molar-refractivity contribution in [2.24, 2.45) is 11.8 Å². The third kappa shape index (κ3) is 3.37. The second kappa shape index (κ2) is 6.44. The van der Waals surface area contributed by atoms with Crippen molar-refractivity contribution < 1.29 is 23.1 Å². The number of piperidine rings is 1. The average Bonchev–Trinajstić information content (AvgIpc) is 2.46. The Morgan fingerprint density at radius 1 is 1.41 bits per heavy atom. The Labute approximate surface area is 134 Å². The van der Waals surface area contributed by atoms with Gasteiger partial charge in [0.05, 0.1) is 22.9 Å². The van der Waals surface area contributed by atoms with Gasteiger partial charge in [-0.25, -0.2) is 8.42 Å². The molecule has 0 spiro atoms. The highest BCUT2D eigenvalue weighted by atomic mass is 35.5. The van der Waals surface area contributed by atoms with E-state index in [4.69, 9.17) is 21.4 Å². The summed E-state index contributed by atoms with van der Waals surface area (Å²) in [6.07, 6.45) is 0.477. The molecular formula is C14H18ClNO5S. The molecule has 1 aromatic rings. The number of carboxylic acid groups (broad SMARTS) is 1. The fourth-order valence-corrected chi connectivity index (χ4v) is 4.59. The fraction of sp³-hybridized carbons (Fsp3) is 0.500. The van der Waals surface area contributed by atoms with Crippen LogP contribution in [-0.2, 0) is 14.8 Å². The number of hydrogen-bond donors (Lipinski definition) is 1. The summed E-state index contributed by atoms with van der Waals surface area (Å²) < 4.78 is 31.6. The molecule has 2 unspecified atom stereocenters. The Bertz CT molecular complexity index is 676. The third-order valence-corrected chi connectivity index (χ3v) is 5.86. The van der Waals surface area contributed by atoms with Gasteiger partial charge in [-0.2, -0.15) is 4.31 Å². The first-order chi connectivity index (χ1) is 10.3. The summed E-state index contributed by atoms with van der Waals surface area (Å²) in [5.41, 5.74) is 0. The molecule has 8 heteroatoms. The molecule has 22 heavy (non-hydrogen) atoms. The summed E-state index contributed by atoms with van der Waals surface area (Å²) in [4.78, 5) is 11.2. The van der Waals surface area contributed by atoms with Gasteiger partial charge in [0.25, 0.3) is 0 Å². The van der Waals surface area contributed by atoms with Gasteiger partial charge in [0.1, 0.15) is 5.75 Å². The van der Waals surface area contributed by atoms with Gasteiger partial charge in [-0.1, -0.05) is 18.5 Å². The molecule has 122 valence electrons. The van der Waals surface area contributed by atoms with Crippen molar-refractivity contribution in [1.29, 1.82) is 0 Å². The van der Waals surface area contributed by atoms with Crippen LogP contribution in [0.5, 0.6) is 5.75 Å². The normalized spacial score (nSPS) is 23.2. The van der Waals surface area contributed by atoms with Gasteiger partial charge in [-0.3, -0.25) is 4.79 Å². The molecule has 0 aromatic heterocycles. The molecule has 1 aliphatic heterocycles. The number of carboxylic acids is 1. The topological polar surface area (TPSA) is 83.9 Å². The molecule has 0 radical (unpaired) electrons. The lowest BCUT2D eigenvalue weighted by Gasteiger charge is -2.33. The van der Waals surface area contributed by atoms with E-state index in [0.29, 0.717) is 18.7 Å². The van der Waals surface area contributed by atoms with Crippen LogP contribution in [0.4, 0.5) is 0 Å². The zero-order valence-corrected chi connectivity index (χ0v) is 13.9. The molecular weight excluding hydrogens is 330 g/mol. The van der Waals surface area contributed by atoms with Crippen LogP contribution in [0.3, 0.4) is 0 Å². The first kappa shape index (κ1) is 17.1. The molecule has 1 aromatic carbocycles. The van der Waals surface area contributed by atoms with Crippen molar-refractivity contribution in [3.05, 3.63) is 23.2 Å². The van der Waals surface area contributed by atoms with E-state index in [1.54, 1.807) is 0 Å². The molecule has 0 amide bonds. The third-order valence-electron chi connectivity index (χ3n) is 3.74. The van der Waals surface area contributed by atoms with E-state index in [0.717, 1.165) is 0 Å². The predicted molar refractivity (Wildman–Crippen MR) is 81.7 cm³/mol. The van der Waals surface area contributed by atoms with Gasteiger partial charge in [0, 0.05) is 13.1 Å². The minimum Gasteiger partial charge on any atom is -0.495 e. The van der Waals surface area contributed by atoms with Crippen LogP contribution in [-0.4, -0.2) is 44.0 Å². The van der Waals surface area contributed by atoms with Crippen molar-refractivity contribution in [2.75, 3.05) is 20.2 Å². The molecule has 2 atom stereocenters. The van der Waals surface area contributed by atoms with E-state index >= 15 is 0 Å². The average molecular weight is 348 g/mol. The van der Waals surface area contributed by atoms with Crippen molar-refractivity contribution in [3.8, 4) is 5.75 Å². The maximum Gasteiger partial charge on any atom is 0.307 e. The maximum atomic E-state index is 12.7. The van der Waals surface area contributed by atoms with E-state index in [1.165, 1.54) is 29.6 Å². The minimum atomic E-state index is -3.78. The van der Waals surface area contributed by atoms with Crippen LogP contribution >= 0.6 is 11.6 Å². The van der Waals surface area contributed by atoms with E-state index in [-0.39, 0.29) is 22.4 Å². The maximum absolute atomic E-state index is 12.7. The lowest BCUT2D eigenvalue weighted by molar-refractivity contribution is -0.143. The summed E-state index contributed by atoms with van der Waals surface area (Å²) in [5.74, 6) is -1.29. The molecule has 1 aliphatic rings. The molecule has 1 heterocycles. The fourth-order valence-electron chi connectivity index (χ4n) is 2.63. The van der Waals surface area contributed by atoms with Crippen LogP contribution in [0.15, 0.2) is 23.1 Å². The zero-order valence-electron chi connectivity index (χ0n) is 12.3. The van der Waals surface area contributed by atoms with Crippen molar-refractivity contribution in [3.63, 3.8) is 0 Å².